The van der Waals surface area contributed by atoms with Gasteiger partial charge >= 0.3 is 0 Å². The average Bonchev–Trinajstić information content (AvgIpc) is 2.63. The molecule has 0 heterocycles. The standard InChI is InChI=1S/C14H16N2O2/c15-10-12-5-2-1-3-8-14(12)11-6-4-7-13(9-11)16(17)18/h4,6-7,9,12,14H,1-3,5,8H2. The van der Waals surface area contributed by atoms with E-state index in [2.05, 4.69) is 6.07 Å². The number of hydrogen-bond acceptors (Lipinski definition) is 3. The third-order valence-electron chi connectivity index (χ3n) is 3.69. The van der Waals surface area contributed by atoms with E-state index in [-0.39, 0.29) is 22.4 Å². The van der Waals surface area contributed by atoms with Crippen molar-refractivity contribution < 1.29 is 4.92 Å². The molecule has 4 nitrogen and oxygen atoms in total. The maximum Gasteiger partial charge on any atom is 0.269 e. The first-order valence-electron chi connectivity index (χ1n) is 6.36. The molecule has 1 aromatic carbocycles. The number of rotatable bonds is 2. The highest BCUT2D eigenvalue weighted by molar-refractivity contribution is 5.36. The highest BCUT2D eigenvalue weighted by atomic mass is 16.6. The first kappa shape index (κ1) is 12.6. The minimum Gasteiger partial charge on any atom is -0.258 e. The zero-order valence-electron chi connectivity index (χ0n) is 10.2. The van der Waals surface area contributed by atoms with Crippen molar-refractivity contribution in [3.8, 4) is 6.07 Å². The van der Waals surface area contributed by atoms with Crippen molar-refractivity contribution >= 4 is 5.69 Å². The van der Waals surface area contributed by atoms with Crippen LogP contribution in [-0.4, -0.2) is 4.92 Å². The molecular weight excluding hydrogens is 228 g/mol. The second kappa shape index (κ2) is 5.63. The van der Waals surface area contributed by atoms with Gasteiger partial charge < -0.3 is 0 Å². The van der Waals surface area contributed by atoms with E-state index in [1.54, 1.807) is 12.1 Å². The molecule has 0 aliphatic heterocycles. The average molecular weight is 244 g/mol. The fraction of sp³-hybridized carbons (Fsp3) is 0.500. The summed E-state index contributed by atoms with van der Waals surface area (Å²) in [7, 11) is 0. The summed E-state index contributed by atoms with van der Waals surface area (Å²) in [6, 6.07) is 9.12. The molecule has 1 saturated carbocycles. The maximum atomic E-state index is 10.8. The van der Waals surface area contributed by atoms with Gasteiger partial charge in [0.05, 0.1) is 16.9 Å². The van der Waals surface area contributed by atoms with E-state index >= 15 is 0 Å². The van der Waals surface area contributed by atoms with Gasteiger partial charge in [0.15, 0.2) is 0 Å². The number of benzene rings is 1. The zero-order valence-corrected chi connectivity index (χ0v) is 10.2. The van der Waals surface area contributed by atoms with E-state index in [4.69, 9.17) is 0 Å². The molecule has 1 aliphatic carbocycles. The second-order valence-electron chi connectivity index (χ2n) is 4.83. The number of nitro benzene ring substituents is 1. The van der Waals surface area contributed by atoms with Gasteiger partial charge in [-0.1, -0.05) is 31.4 Å². The summed E-state index contributed by atoms with van der Waals surface area (Å²) in [6.45, 7) is 0. The Morgan fingerprint density at radius 3 is 2.78 bits per heavy atom. The van der Waals surface area contributed by atoms with E-state index in [9.17, 15) is 15.4 Å². The van der Waals surface area contributed by atoms with Crippen LogP contribution in [0.25, 0.3) is 0 Å². The van der Waals surface area contributed by atoms with Gasteiger partial charge in [0.2, 0.25) is 0 Å². The van der Waals surface area contributed by atoms with Crippen molar-refractivity contribution in [3.63, 3.8) is 0 Å². The number of non-ortho nitro benzene ring substituents is 1. The minimum atomic E-state index is -0.373. The number of hydrogen-bond donors (Lipinski definition) is 0. The highest BCUT2D eigenvalue weighted by Gasteiger charge is 2.25. The lowest BCUT2D eigenvalue weighted by Gasteiger charge is -2.19. The fourth-order valence-corrected chi connectivity index (χ4v) is 2.73. The van der Waals surface area contributed by atoms with E-state index in [1.165, 1.54) is 6.07 Å². The number of nitro groups is 1. The van der Waals surface area contributed by atoms with Crippen molar-refractivity contribution in [3.05, 3.63) is 39.9 Å². The molecule has 1 aromatic rings. The summed E-state index contributed by atoms with van der Waals surface area (Å²) >= 11 is 0. The van der Waals surface area contributed by atoms with Crippen LogP contribution in [0.2, 0.25) is 0 Å². The Morgan fingerprint density at radius 1 is 1.28 bits per heavy atom. The van der Waals surface area contributed by atoms with Gasteiger partial charge in [-0.05, 0) is 24.3 Å². The van der Waals surface area contributed by atoms with Gasteiger partial charge in [-0.15, -0.1) is 0 Å². The smallest absolute Gasteiger partial charge is 0.258 e. The van der Waals surface area contributed by atoms with Gasteiger partial charge in [-0.3, -0.25) is 10.1 Å². The van der Waals surface area contributed by atoms with Crippen LogP contribution in [0.3, 0.4) is 0 Å². The quantitative estimate of drug-likeness (QED) is 0.451. The largest absolute Gasteiger partial charge is 0.269 e. The Hall–Kier alpha value is -1.89. The zero-order chi connectivity index (χ0) is 13.0. The Kier molecular flexibility index (Phi) is 3.93. The van der Waals surface area contributed by atoms with Crippen molar-refractivity contribution in [2.75, 3.05) is 0 Å². The van der Waals surface area contributed by atoms with E-state index in [0.717, 1.165) is 37.7 Å². The molecule has 2 atom stereocenters. The summed E-state index contributed by atoms with van der Waals surface area (Å²) in [4.78, 5) is 10.4. The molecule has 0 spiro atoms. The summed E-state index contributed by atoms with van der Waals surface area (Å²) in [6.07, 6.45) is 5.21. The van der Waals surface area contributed by atoms with E-state index in [1.807, 2.05) is 6.07 Å². The summed E-state index contributed by atoms with van der Waals surface area (Å²) in [5, 5.41) is 20.0. The molecule has 2 rings (SSSR count). The lowest BCUT2D eigenvalue weighted by molar-refractivity contribution is -0.384. The molecule has 1 fully saturated rings. The van der Waals surface area contributed by atoms with Gasteiger partial charge in [-0.2, -0.15) is 5.26 Å². The van der Waals surface area contributed by atoms with Crippen LogP contribution in [0, 0.1) is 27.4 Å². The van der Waals surface area contributed by atoms with Crippen LogP contribution in [-0.2, 0) is 0 Å². The molecule has 0 saturated heterocycles. The van der Waals surface area contributed by atoms with E-state index < -0.39 is 0 Å². The second-order valence-corrected chi connectivity index (χ2v) is 4.83. The Morgan fingerprint density at radius 2 is 2.06 bits per heavy atom. The molecule has 0 radical (unpaired) electrons. The lowest BCUT2D eigenvalue weighted by atomic mass is 9.83. The third kappa shape index (κ3) is 2.67. The number of nitrogens with zero attached hydrogens (tertiary/aromatic N) is 2. The van der Waals surface area contributed by atoms with Crippen LogP contribution in [0.5, 0.6) is 0 Å². The first-order valence-corrected chi connectivity index (χ1v) is 6.36. The van der Waals surface area contributed by atoms with Gasteiger partial charge in [0.25, 0.3) is 5.69 Å². The molecule has 94 valence electrons. The molecule has 4 heteroatoms. The predicted molar refractivity (Wildman–Crippen MR) is 68.0 cm³/mol. The fourth-order valence-electron chi connectivity index (χ4n) is 2.73. The Bertz CT molecular complexity index is 479. The molecular formula is C14H16N2O2. The van der Waals surface area contributed by atoms with Gasteiger partial charge in [0, 0.05) is 12.1 Å². The SMILES string of the molecule is N#CC1CCCCCC1c1cccc([N+](=O)[O-])c1. The predicted octanol–water partition coefficient (Wildman–Crippen LogP) is 3.78. The molecule has 0 N–H and O–H groups in total. The van der Waals surface area contributed by atoms with Crippen LogP contribution in [0.4, 0.5) is 5.69 Å². The van der Waals surface area contributed by atoms with Crippen LogP contribution in [0.15, 0.2) is 24.3 Å². The molecule has 0 aromatic heterocycles. The van der Waals surface area contributed by atoms with Crippen molar-refractivity contribution in [2.24, 2.45) is 5.92 Å². The Labute approximate surface area is 106 Å². The summed E-state index contributed by atoms with van der Waals surface area (Å²) in [5.41, 5.74) is 1.06. The van der Waals surface area contributed by atoms with Crippen molar-refractivity contribution in [1.29, 1.82) is 5.26 Å². The van der Waals surface area contributed by atoms with E-state index in [0.29, 0.717) is 0 Å². The van der Waals surface area contributed by atoms with Crippen LogP contribution < -0.4 is 0 Å². The van der Waals surface area contributed by atoms with Crippen LogP contribution in [0.1, 0.15) is 43.6 Å². The lowest BCUT2D eigenvalue weighted by Crippen LogP contribution is -2.10. The molecule has 18 heavy (non-hydrogen) atoms. The minimum absolute atomic E-state index is 0.00509. The maximum absolute atomic E-state index is 10.8. The Balaban J connectivity index is 2.30. The number of nitriles is 1. The summed E-state index contributed by atoms with van der Waals surface area (Å²) < 4.78 is 0. The first-order chi connectivity index (χ1) is 8.72. The van der Waals surface area contributed by atoms with Crippen molar-refractivity contribution in [1.82, 2.24) is 0 Å². The van der Waals surface area contributed by atoms with Gasteiger partial charge in [0.1, 0.15) is 0 Å². The molecule has 2 unspecified atom stereocenters. The van der Waals surface area contributed by atoms with Crippen molar-refractivity contribution in [2.45, 2.75) is 38.0 Å². The third-order valence-corrected chi connectivity index (χ3v) is 3.69. The molecule has 0 bridgehead atoms. The normalized spacial score (nSPS) is 23.9. The topological polar surface area (TPSA) is 66.9 Å². The molecule has 1 aliphatic rings. The van der Waals surface area contributed by atoms with Crippen LogP contribution >= 0.6 is 0 Å². The summed E-state index contributed by atoms with van der Waals surface area (Å²) in [5.74, 6) is 0.145. The molecule has 0 amide bonds. The monoisotopic (exact) mass is 244 g/mol. The highest BCUT2D eigenvalue weighted by Crippen LogP contribution is 2.37. The van der Waals surface area contributed by atoms with Gasteiger partial charge in [-0.25, -0.2) is 0 Å².